The smallest absolute Gasteiger partial charge is 0.336 e. The molecule has 0 spiro atoms. The van der Waals surface area contributed by atoms with Crippen molar-refractivity contribution in [2.24, 2.45) is 0 Å². The molecule has 29 heavy (non-hydrogen) atoms. The van der Waals surface area contributed by atoms with E-state index in [1.54, 1.807) is 13.2 Å². The predicted octanol–water partition coefficient (Wildman–Crippen LogP) is 5.01. The molecule has 0 aliphatic heterocycles. The van der Waals surface area contributed by atoms with E-state index >= 15 is 0 Å². The van der Waals surface area contributed by atoms with Crippen molar-refractivity contribution in [2.75, 3.05) is 12.4 Å². The molecule has 0 radical (unpaired) electrons. The van der Waals surface area contributed by atoms with E-state index in [4.69, 9.17) is 9.15 Å². The van der Waals surface area contributed by atoms with Crippen LogP contribution in [0.3, 0.4) is 0 Å². The average molecular weight is 387 g/mol. The minimum atomic E-state index is -0.403. The summed E-state index contributed by atoms with van der Waals surface area (Å²) >= 11 is 0. The normalized spacial score (nSPS) is 12.1. The highest BCUT2D eigenvalue weighted by atomic mass is 16.5. The largest absolute Gasteiger partial charge is 0.497 e. The Morgan fingerprint density at radius 2 is 1.76 bits per heavy atom. The molecule has 1 aromatic heterocycles. The molecule has 4 rings (SSSR count). The molecule has 1 heterocycles. The number of carbonyl (C=O) groups excluding carboxylic acids is 1. The number of hydrogen-bond donors (Lipinski definition) is 1. The number of methoxy groups -OCH3 is 1. The van der Waals surface area contributed by atoms with Crippen LogP contribution in [0.15, 0.2) is 69.9 Å². The van der Waals surface area contributed by atoms with Crippen molar-refractivity contribution >= 4 is 33.3 Å². The van der Waals surface area contributed by atoms with Crippen LogP contribution >= 0.6 is 0 Å². The third-order valence-electron chi connectivity index (χ3n) is 5.18. The van der Waals surface area contributed by atoms with Gasteiger partial charge in [0.2, 0.25) is 5.91 Å². The number of anilines is 1. The number of carbonyl (C=O) groups is 1. The molecular weight excluding hydrogens is 366 g/mol. The molecule has 1 atom stereocenters. The number of amides is 1. The minimum absolute atomic E-state index is 0.132. The second-order valence-corrected chi connectivity index (χ2v) is 7.14. The summed E-state index contributed by atoms with van der Waals surface area (Å²) in [5.74, 6) is 0.322. The van der Waals surface area contributed by atoms with Gasteiger partial charge in [0.15, 0.2) is 0 Å². The van der Waals surface area contributed by atoms with Crippen molar-refractivity contribution in [1.82, 2.24) is 0 Å². The van der Waals surface area contributed by atoms with Crippen LogP contribution in [0, 0.1) is 6.92 Å². The first-order valence-electron chi connectivity index (χ1n) is 9.38. The quantitative estimate of drug-likeness (QED) is 0.500. The molecule has 0 fully saturated rings. The molecule has 0 aliphatic carbocycles. The van der Waals surface area contributed by atoms with Gasteiger partial charge in [0, 0.05) is 23.2 Å². The summed E-state index contributed by atoms with van der Waals surface area (Å²) in [6, 6.07) is 18.6. The maximum atomic E-state index is 12.8. The van der Waals surface area contributed by atoms with Crippen molar-refractivity contribution in [3.05, 3.63) is 82.2 Å². The Morgan fingerprint density at radius 3 is 2.55 bits per heavy atom. The third-order valence-corrected chi connectivity index (χ3v) is 5.18. The van der Waals surface area contributed by atoms with Crippen molar-refractivity contribution in [3.63, 3.8) is 0 Å². The molecule has 0 saturated heterocycles. The Bertz CT molecular complexity index is 1290. The first kappa shape index (κ1) is 18.7. The summed E-state index contributed by atoms with van der Waals surface area (Å²) in [5, 5.41) is 5.87. The number of rotatable bonds is 4. The lowest BCUT2D eigenvalue weighted by molar-refractivity contribution is -0.117. The lowest BCUT2D eigenvalue weighted by atomic mass is 9.97. The first-order chi connectivity index (χ1) is 13.9. The summed E-state index contributed by atoms with van der Waals surface area (Å²) in [6.45, 7) is 3.72. The van der Waals surface area contributed by atoms with Crippen LogP contribution in [0.25, 0.3) is 21.7 Å². The highest BCUT2D eigenvalue weighted by Gasteiger charge is 2.16. The topological polar surface area (TPSA) is 68.5 Å². The fourth-order valence-electron chi connectivity index (χ4n) is 3.44. The van der Waals surface area contributed by atoms with Gasteiger partial charge in [0.25, 0.3) is 0 Å². The van der Waals surface area contributed by atoms with E-state index in [1.165, 1.54) is 6.07 Å². The predicted molar refractivity (Wildman–Crippen MR) is 115 cm³/mol. The second-order valence-electron chi connectivity index (χ2n) is 7.14. The molecular formula is C24H21NO4. The lowest BCUT2D eigenvalue weighted by Gasteiger charge is -2.14. The molecule has 0 saturated carbocycles. The zero-order valence-electron chi connectivity index (χ0n) is 16.5. The molecule has 0 bridgehead atoms. The fraction of sp³-hybridized carbons (Fsp3) is 0.167. The second kappa shape index (κ2) is 7.43. The number of hydrogen-bond acceptors (Lipinski definition) is 4. The van der Waals surface area contributed by atoms with E-state index in [9.17, 15) is 9.59 Å². The average Bonchev–Trinajstić information content (AvgIpc) is 2.71. The van der Waals surface area contributed by atoms with Gasteiger partial charge in [-0.05, 0) is 60.0 Å². The van der Waals surface area contributed by atoms with Gasteiger partial charge in [0.05, 0.1) is 13.0 Å². The fourth-order valence-corrected chi connectivity index (χ4v) is 3.44. The molecule has 146 valence electrons. The van der Waals surface area contributed by atoms with Crippen molar-refractivity contribution < 1.29 is 13.9 Å². The molecule has 4 aromatic rings. The van der Waals surface area contributed by atoms with E-state index < -0.39 is 5.63 Å². The Morgan fingerprint density at radius 1 is 1.00 bits per heavy atom. The third kappa shape index (κ3) is 3.72. The van der Waals surface area contributed by atoms with Crippen LogP contribution in [0.1, 0.15) is 24.0 Å². The van der Waals surface area contributed by atoms with E-state index in [-0.39, 0.29) is 11.8 Å². The van der Waals surface area contributed by atoms with Crippen molar-refractivity contribution in [2.45, 2.75) is 19.8 Å². The highest BCUT2D eigenvalue weighted by Crippen LogP contribution is 2.27. The number of aryl methyl sites for hydroxylation is 1. The number of benzene rings is 3. The van der Waals surface area contributed by atoms with E-state index in [1.807, 2.05) is 62.4 Å². The standard InChI is InChI=1S/C24H21NO4/c1-14-10-23(26)29-22-13-19(7-9-21(14)22)25-24(27)15(2)16-4-5-18-12-20(28-3)8-6-17(18)11-16/h4-13,15H,1-3H3,(H,25,27). The van der Waals surface area contributed by atoms with Gasteiger partial charge < -0.3 is 14.5 Å². The van der Waals surface area contributed by atoms with Gasteiger partial charge in [0.1, 0.15) is 11.3 Å². The van der Waals surface area contributed by atoms with Gasteiger partial charge in [-0.1, -0.05) is 24.3 Å². The van der Waals surface area contributed by atoms with Crippen molar-refractivity contribution in [1.29, 1.82) is 0 Å². The Labute approximate surface area is 167 Å². The van der Waals surface area contributed by atoms with Crippen LogP contribution in [0.5, 0.6) is 5.75 Å². The van der Waals surface area contributed by atoms with Crippen molar-refractivity contribution in [3.8, 4) is 5.75 Å². The Kier molecular flexibility index (Phi) is 4.80. The highest BCUT2D eigenvalue weighted by molar-refractivity contribution is 5.98. The zero-order valence-corrected chi connectivity index (χ0v) is 16.5. The number of ether oxygens (including phenoxy) is 1. The van der Waals surface area contributed by atoms with Crippen LogP contribution in [0.2, 0.25) is 0 Å². The summed E-state index contributed by atoms with van der Waals surface area (Å²) in [6.07, 6.45) is 0. The van der Waals surface area contributed by atoms with Gasteiger partial charge in [-0.15, -0.1) is 0 Å². The van der Waals surface area contributed by atoms with Crippen LogP contribution < -0.4 is 15.7 Å². The molecule has 0 aliphatic rings. The number of nitrogens with one attached hydrogen (secondary N) is 1. The summed E-state index contributed by atoms with van der Waals surface area (Å²) in [7, 11) is 1.64. The van der Waals surface area contributed by atoms with Gasteiger partial charge >= 0.3 is 5.63 Å². The number of fused-ring (bicyclic) bond motifs is 2. The SMILES string of the molecule is COc1ccc2cc(C(C)C(=O)Nc3ccc4c(C)cc(=O)oc4c3)ccc2c1. The first-order valence-corrected chi connectivity index (χ1v) is 9.38. The van der Waals surface area contributed by atoms with E-state index in [0.717, 1.165) is 33.0 Å². The van der Waals surface area contributed by atoms with E-state index in [2.05, 4.69) is 5.32 Å². The molecule has 1 N–H and O–H groups in total. The molecule has 1 amide bonds. The summed E-state index contributed by atoms with van der Waals surface area (Å²) in [4.78, 5) is 24.4. The van der Waals surface area contributed by atoms with Crippen LogP contribution in [-0.4, -0.2) is 13.0 Å². The van der Waals surface area contributed by atoms with Crippen LogP contribution in [0.4, 0.5) is 5.69 Å². The lowest BCUT2D eigenvalue weighted by Crippen LogP contribution is -2.18. The molecule has 1 unspecified atom stereocenters. The van der Waals surface area contributed by atoms with Gasteiger partial charge in [-0.3, -0.25) is 4.79 Å². The molecule has 5 nitrogen and oxygen atoms in total. The van der Waals surface area contributed by atoms with Crippen LogP contribution in [-0.2, 0) is 4.79 Å². The van der Waals surface area contributed by atoms with Gasteiger partial charge in [-0.2, -0.15) is 0 Å². The Hall–Kier alpha value is -3.60. The van der Waals surface area contributed by atoms with E-state index in [0.29, 0.717) is 11.3 Å². The maximum absolute atomic E-state index is 12.8. The zero-order chi connectivity index (χ0) is 20.5. The Balaban J connectivity index is 1.58. The maximum Gasteiger partial charge on any atom is 0.336 e. The monoisotopic (exact) mass is 387 g/mol. The minimum Gasteiger partial charge on any atom is -0.497 e. The van der Waals surface area contributed by atoms with Gasteiger partial charge in [-0.25, -0.2) is 4.79 Å². The molecule has 3 aromatic carbocycles. The summed E-state index contributed by atoms with van der Waals surface area (Å²) < 4.78 is 10.5. The summed E-state index contributed by atoms with van der Waals surface area (Å²) in [5.41, 5.74) is 2.41. The molecule has 5 heteroatoms.